The third kappa shape index (κ3) is 6.91. The predicted octanol–water partition coefficient (Wildman–Crippen LogP) is 5.07. The fourth-order valence-corrected chi connectivity index (χ4v) is 5.39. The zero-order valence-corrected chi connectivity index (χ0v) is 23.7. The number of aromatic hydroxyl groups is 1. The van der Waals surface area contributed by atoms with Gasteiger partial charge in [-0.15, -0.1) is 0 Å². The molecule has 1 aromatic heterocycles. The minimum atomic E-state index is -0.645. The number of nitrogens with zero attached hydrogens (tertiary/aromatic N) is 3. The van der Waals surface area contributed by atoms with E-state index in [2.05, 4.69) is 0 Å². The number of hydrogen-bond donors (Lipinski definition) is 1. The summed E-state index contributed by atoms with van der Waals surface area (Å²) in [6.45, 7) is 5.92. The number of carbonyl (C=O) groups excluding carboxylic acids is 2. The fraction of sp³-hybridized carbons (Fsp3) is 0.370. The van der Waals surface area contributed by atoms with Crippen LogP contribution < -0.4 is 5.56 Å². The number of rotatable bonds is 11. The molecular weight excluding hydrogens is 546 g/mol. The Balaban J connectivity index is 1.71. The van der Waals surface area contributed by atoms with E-state index in [1.54, 1.807) is 30.3 Å². The summed E-state index contributed by atoms with van der Waals surface area (Å²) in [5.41, 5.74) is 0.0780. The van der Waals surface area contributed by atoms with Gasteiger partial charge in [-0.25, -0.2) is 0 Å². The number of pyridine rings is 1. The zero-order chi connectivity index (χ0) is 28.0. The summed E-state index contributed by atoms with van der Waals surface area (Å²) in [6, 6.07) is 8.93. The van der Waals surface area contributed by atoms with Crippen molar-refractivity contribution in [1.82, 2.24) is 9.47 Å². The number of benzene rings is 1. The van der Waals surface area contributed by atoms with Crippen molar-refractivity contribution in [1.29, 1.82) is 5.26 Å². The second-order valence-electron chi connectivity index (χ2n) is 8.95. The van der Waals surface area contributed by atoms with Gasteiger partial charge in [-0.05, 0) is 62.9 Å². The molecule has 1 N–H and O–H groups in total. The molecule has 1 aliphatic rings. The first kappa shape index (κ1) is 29.6. The Hall–Kier alpha value is -2.97. The topological polar surface area (TPSA) is 113 Å². The van der Waals surface area contributed by atoms with Gasteiger partial charge in [0.2, 0.25) is 5.88 Å². The van der Waals surface area contributed by atoms with Gasteiger partial charge in [0.1, 0.15) is 16.0 Å². The summed E-state index contributed by atoms with van der Waals surface area (Å²) < 4.78 is 6.93. The van der Waals surface area contributed by atoms with E-state index in [0.717, 1.165) is 10.1 Å². The SMILES string of the molecule is Cc1c(C(=O)CCCN2C(=O)/C(=C/c3ccc(Cl)cc3)SC2=S)c(O)n(CCCOC(C)C)c(=O)c1C#N. The van der Waals surface area contributed by atoms with E-state index in [1.807, 2.05) is 19.9 Å². The van der Waals surface area contributed by atoms with Gasteiger partial charge in [0.15, 0.2) is 5.78 Å². The molecule has 0 radical (unpaired) electrons. The van der Waals surface area contributed by atoms with Crippen molar-refractivity contribution in [2.45, 2.75) is 52.7 Å². The lowest BCUT2D eigenvalue weighted by molar-refractivity contribution is -0.122. The molecule has 0 aliphatic carbocycles. The largest absolute Gasteiger partial charge is 0.494 e. The highest BCUT2D eigenvalue weighted by atomic mass is 35.5. The molecule has 2 heterocycles. The highest BCUT2D eigenvalue weighted by molar-refractivity contribution is 8.26. The Morgan fingerprint density at radius 1 is 1.24 bits per heavy atom. The van der Waals surface area contributed by atoms with Crippen LogP contribution in [0.15, 0.2) is 34.0 Å². The maximum absolute atomic E-state index is 13.1. The quantitative estimate of drug-likeness (QED) is 0.172. The Bertz CT molecular complexity index is 1380. The maximum Gasteiger partial charge on any atom is 0.271 e. The molecule has 38 heavy (non-hydrogen) atoms. The Kier molecular flexibility index (Phi) is 10.3. The number of carbonyl (C=O) groups is 2. The van der Waals surface area contributed by atoms with E-state index >= 15 is 0 Å². The molecule has 0 bridgehead atoms. The van der Waals surface area contributed by atoms with Crippen molar-refractivity contribution in [3.05, 3.63) is 66.8 Å². The summed E-state index contributed by atoms with van der Waals surface area (Å²) in [4.78, 5) is 40.7. The average Bonchev–Trinajstić information content (AvgIpc) is 3.12. The number of Topliss-reactive ketones (excluding diaryl/α,β-unsaturated/α-hetero) is 1. The number of amides is 1. The first-order valence-corrected chi connectivity index (χ1v) is 13.7. The minimum absolute atomic E-state index is 0.0127. The van der Waals surface area contributed by atoms with Crippen molar-refractivity contribution < 1.29 is 19.4 Å². The number of halogens is 1. The smallest absolute Gasteiger partial charge is 0.271 e. The zero-order valence-electron chi connectivity index (χ0n) is 21.3. The van der Waals surface area contributed by atoms with Gasteiger partial charge >= 0.3 is 0 Å². The molecule has 0 atom stereocenters. The van der Waals surface area contributed by atoms with Crippen molar-refractivity contribution in [2.24, 2.45) is 0 Å². The molecule has 8 nitrogen and oxygen atoms in total. The van der Waals surface area contributed by atoms with Gasteiger partial charge in [0.25, 0.3) is 11.5 Å². The molecule has 3 rings (SSSR count). The van der Waals surface area contributed by atoms with Gasteiger partial charge in [-0.3, -0.25) is 23.9 Å². The first-order chi connectivity index (χ1) is 18.0. The molecule has 1 saturated heterocycles. The van der Waals surface area contributed by atoms with Crippen LogP contribution in [0, 0.1) is 18.3 Å². The van der Waals surface area contributed by atoms with Crippen LogP contribution in [0.1, 0.15) is 60.2 Å². The Labute approximate surface area is 235 Å². The summed E-state index contributed by atoms with van der Waals surface area (Å²) >= 11 is 12.5. The van der Waals surface area contributed by atoms with Gasteiger partial charge < -0.3 is 9.84 Å². The molecule has 1 aliphatic heterocycles. The summed E-state index contributed by atoms with van der Waals surface area (Å²) in [5.74, 6) is -1.13. The van der Waals surface area contributed by atoms with Crippen molar-refractivity contribution in [3.63, 3.8) is 0 Å². The summed E-state index contributed by atoms with van der Waals surface area (Å²) in [7, 11) is 0. The number of ether oxygens (including phenoxy) is 1. The lowest BCUT2D eigenvalue weighted by Gasteiger charge is -2.17. The molecule has 0 unspecified atom stereocenters. The van der Waals surface area contributed by atoms with Gasteiger partial charge in [-0.1, -0.05) is 47.7 Å². The monoisotopic (exact) mass is 573 g/mol. The number of nitriles is 1. The van der Waals surface area contributed by atoms with Crippen LogP contribution >= 0.6 is 35.6 Å². The number of aromatic nitrogens is 1. The lowest BCUT2D eigenvalue weighted by atomic mass is 9.99. The first-order valence-electron chi connectivity index (χ1n) is 12.1. The van der Waals surface area contributed by atoms with Gasteiger partial charge in [0.05, 0.1) is 16.6 Å². The van der Waals surface area contributed by atoms with E-state index in [9.17, 15) is 24.8 Å². The highest BCUT2D eigenvalue weighted by Crippen LogP contribution is 2.33. The molecule has 200 valence electrons. The molecule has 1 fully saturated rings. The molecule has 1 amide bonds. The molecule has 2 aromatic rings. The number of thioether (sulfide) groups is 1. The van der Waals surface area contributed by atoms with Crippen LogP contribution in [-0.2, 0) is 16.1 Å². The predicted molar refractivity (Wildman–Crippen MR) is 152 cm³/mol. The van der Waals surface area contributed by atoms with Gasteiger partial charge in [-0.2, -0.15) is 5.26 Å². The molecular formula is C27H28ClN3O5S2. The average molecular weight is 574 g/mol. The van der Waals surface area contributed by atoms with Crippen LogP contribution in [0.3, 0.4) is 0 Å². The van der Waals surface area contributed by atoms with Crippen LogP contribution in [0.2, 0.25) is 5.02 Å². The van der Waals surface area contributed by atoms with E-state index in [4.69, 9.17) is 28.6 Å². The van der Waals surface area contributed by atoms with Crippen LogP contribution in [0.25, 0.3) is 6.08 Å². The van der Waals surface area contributed by atoms with Crippen LogP contribution in [0.5, 0.6) is 5.88 Å². The van der Waals surface area contributed by atoms with Crippen LogP contribution in [0.4, 0.5) is 0 Å². The normalized spacial score (nSPS) is 14.5. The second kappa shape index (κ2) is 13.2. The van der Waals surface area contributed by atoms with E-state index in [1.165, 1.54) is 23.6 Å². The Morgan fingerprint density at radius 2 is 1.92 bits per heavy atom. The lowest BCUT2D eigenvalue weighted by Crippen LogP contribution is -2.30. The van der Waals surface area contributed by atoms with E-state index in [0.29, 0.717) is 27.3 Å². The standard InChI is InChI=1S/C27H28ClN3O5S2/c1-16(2)36-13-5-12-30-24(33)20(15-29)17(3)23(26(30)35)21(32)6-4-11-31-25(34)22(38-27(31)37)14-18-7-9-19(28)10-8-18/h7-10,14,16,35H,4-6,11-13H2,1-3H3/b22-14-. The number of hydrogen-bond acceptors (Lipinski definition) is 8. The Morgan fingerprint density at radius 3 is 2.55 bits per heavy atom. The number of ketones is 1. The fourth-order valence-electron chi connectivity index (χ4n) is 3.96. The minimum Gasteiger partial charge on any atom is -0.494 e. The van der Waals surface area contributed by atoms with Gasteiger partial charge in [0, 0.05) is 31.1 Å². The molecule has 0 saturated carbocycles. The summed E-state index contributed by atoms with van der Waals surface area (Å²) in [5, 5.41) is 21.0. The third-order valence-corrected chi connectivity index (χ3v) is 7.51. The highest BCUT2D eigenvalue weighted by Gasteiger charge is 2.32. The van der Waals surface area contributed by atoms with Crippen molar-refractivity contribution in [3.8, 4) is 11.9 Å². The van der Waals surface area contributed by atoms with Crippen LogP contribution in [-0.4, -0.2) is 49.8 Å². The molecule has 1 aromatic carbocycles. The molecule has 0 spiro atoms. The van der Waals surface area contributed by atoms with E-state index in [-0.39, 0.29) is 54.6 Å². The second-order valence-corrected chi connectivity index (χ2v) is 11.1. The van der Waals surface area contributed by atoms with Crippen molar-refractivity contribution in [2.75, 3.05) is 13.2 Å². The summed E-state index contributed by atoms with van der Waals surface area (Å²) in [6.07, 6.45) is 2.44. The van der Waals surface area contributed by atoms with Crippen molar-refractivity contribution >= 4 is 57.7 Å². The third-order valence-electron chi connectivity index (χ3n) is 5.88. The van der Waals surface area contributed by atoms with E-state index < -0.39 is 17.2 Å². The molecule has 11 heteroatoms. The number of thiocarbonyl (C=S) groups is 1. The maximum atomic E-state index is 13.1.